The molecule has 4 N–H and O–H groups in total. The predicted molar refractivity (Wildman–Crippen MR) is 123 cm³/mol. The number of esters is 2. The van der Waals surface area contributed by atoms with Crippen molar-refractivity contribution in [3.63, 3.8) is 0 Å². The highest BCUT2D eigenvalue weighted by Gasteiger charge is 2.69. The highest BCUT2D eigenvalue weighted by atomic mass is 16.6. The van der Waals surface area contributed by atoms with Crippen molar-refractivity contribution in [3.05, 3.63) is 35.1 Å². The van der Waals surface area contributed by atoms with Gasteiger partial charge in [-0.1, -0.05) is 6.07 Å². The zero-order chi connectivity index (χ0) is 26.6. The lowest BCUT2D eigenvalue weighted by Crippen LogP contribution is -2.71. The highest BCUT2D eigenvalue weighted by Crippen LogP contribution is 2.62. The monoisotopic (exact) mass is 505 g/mol. The Hall–Kier alpha value is -3.15. The highest BCUT2D eigenvalue weighted by molar-refractivity contribution is 5.84. The van der Waals surface area contributed by atoms with Crippen molar-refractivity contribution in [2.24, 2.45) is 0 Å². The third-order valence-corrected chi connectivity index (χ3v) is 7.84. The number of aryl methyl sites for hydroxylation is 1. The smallest absolute Gasteiger partial charge is 0.344 e. The van der Waals surface area contributed by atoms with Gasteiger partial charge in [0.15, 0.2) is 29.8 Å². The van der Waals surface area contributed by atoms with Gasteiger partial charge in [-0.25, -0.2) is 9.59 Å². The maximum atomic E-state index is 12.7. The summed E-state index contributed by atoms with van der Waals surface area (Å²) in [5, 5.41) is 41.8. The van der Waals surface area contributed by atoms with Crippen molar-refractivity contribution in [1.82, 2.24) is 4.90 Å². The molecule has 1 aromatic carbocycles. The molecule has 1 spiro atoms. The van der Waals surface area contributed by atoms with Crippen LogP contribution in [-0.4, -0.2) is 86.8 Å². The van der Waals surface area contributed by atoms with E-state index in [9.17, 15) is 29.7 Å². The second-order valence-electron chi connectivity index (χ2n) is 9.83. The Morgan fingerprint density at radius 2 is 2.00 bits per heavy atom. The number of hydrogen-bond donors (Lipinski definition) is 4. The third kappa shape index (κ3) is 3.82. The number of rotatable bonds is 6. The molecule has 0 aromatic heterocycles. The van der Waals surface area contributed by atoms with E-state index in [0.717, 1.165) is 12.5 Å². The lowest BCUT2D eigenvalue weighted by molar-refractivity contribution is -0.170. The number of carbonyl (C=O) groups excluding carboxylic acids is 2. The Morgan fingerprint density at radius 3 is 2.67 bits per heavy atom. The molecule has 1 aliphatic carbocycles. The van der Waals surface area contributed by atoms with Crippen LogP contribution in [0.25, 0.3) is 0 Å². The summed E-state index contributed by atoms with van der Waals surface area (Å²) in [4.78, 5) is 37.5. The summed E-state index contributed by atoms with van der Waals surface area (Å²) in [6, 6.07) is 2.95. The molecule has 1 aromatic rings. The lowest BCUT2D eigenvalue weighted by Gasteiger charge is -2.58. The Labute approximate surface area is 207 Å². The van der Waals surface area contributed by atoms with Crippen molar-refractivity contribution in [2.45, 2.75) is 75.4 Å². The summed E-state index contributed by atoms with van der Waals surface area (Å²) in [5.41, 5.74) is -0.895. The number of likely N-dealkylation sites (N-methyl/N-ethyl adjacent to an activating group) is 1. The third-order valence-electron chi connectivity index (χ3n) is 7.84. The molecule has 6 atom stereocenters. The number of benzene rings is 1. The van der Waals surface area contributed by atoms with Gasteiger partial charge < -0.3 is 39.5 Å². The molecule has 0 bridgehead atoms. The van der Waals surface area contributed by atoms with Crippen LogP contribution in [0, 0.1) is 6.92 Å². The summed E-state index contributed by atoms with van der Waals surface area (Å²) < 4.78 is 16.3. The van der Waals surface area contributed by atoms with E-state index in [1.807, 2.05) is 25.8 Å². The number of phenols is 1. The first kappa shape index (κ1) is 25.9. The van der Waals surface area contributed by atoms with E-state index < -0.39 is 53.7 Å². The molecule has 2 aliphatic heterocycles. The number of aromatic hydroxyl groups is 1. The number of piperidine rings is 1. The summed E-state index contributed by atoms with van der Waals surface area (Å²) in [7, 11) is 1.91. The molecule has 11 heteroatoms. The summed E-state index contributed by atoms with van der Waals surface area (Å²) in [6.07, 6.45) is -3.02. The van der Waals surface area contributed by atoms with E-state index in [4.69, 9.17) is 14.6 Å². The van der Waals surface area contributed by atoms with Crippen molar-refractivity contribution >= 4 is 17.9 Å². The van der Waals surface area contributed by atoms with Gasteiger partial charge in [-0.3, -0.25) is 4.79 Å². The maximum Gasteiger partial charge on any atom is 0.344 e. The second kappa shape index (κ2) is 9.06. The van der Waals surface area contributed by atoms with Crippen LogP contribution in [0.4, 0.5) is 0 Å². The molecular formula is C25H31NO10. The van der Waals surface area contributed by atoms with Crippen molar-refractivity contribution in [2.75, 3.05) is 13.6 Å². The van der Waals surface area contributed by atoms with Crippen LogP contribution in [0.1, 0.15) is 44.2 Å². The maximum absolute atomic E-state index is 12.7. The van der Waals surface area contributed by atoms with Crippen LogP contribution in [0.5, 0.6) is 11.5 Å². The number of hydrogen-bond acceptors (Lipinski definition) is 10. The molecule has 4 rings (SSSR count). The largest absolute Gasteiger partial charge is 0.504 e. The Balaban J connectivity index is 1.64. The van der Waals surface area contributed by atoms with Gasteiger partial charge in [0.1, 0.15) is 5.76 Å². The molecule has 0 amide bonds. The fraction of sp³-hybridized carbons (Fsp3) is 0.560. The first-order valence-electron chi connectivity index (χ1n) is 11.8. The normalized spacial score (nSPS) is 30.6. The van der Waals surface area contributed by atoms with Gasteiger partial charge in [0, 0.05) is 18.0 Å². The summed E-state index contributed by atoms with van der Waals surface area (Å²) >= 11 is 0. The minimum atomic E-state index is -1.91. The van der Waals surface area contributed by atoms with Crippen LogP contribution < -0.4 is 4.74 Å². The minimum absolute atomic E-state index is 0.0581. The van der Waals surface area contributed by atoms with E-state index in [2.05, 4.69) is 4.74 Å². The van der Waals surface area contributed by atoms with Gasteiger partial charge in [-0.05, 0) is 58.5 Å². The molecular weight excluding hydrogens is 474 g/mol. The molecule has 196 valence electrons. The molecule has 36 heavy (non-hydrogen) atoms. The fourth-order valence-electron chi connectivity index (χ4n) is 5.73. The number of likely N-dealkylation sites (tertiary alicyclic amines) is 1. The van der Waals surface area contributed by atoms with E-state index >= 15 is 0 Å². The Kier molecular flexibility index (Phi) is 6.52. The minimum Gasteiger partial charge on any atom is -0.504 e. The van der Waals surface area contributed by atoms with Crippen LogP contribution >= 0.6 is 0 Å². The first-order valence-corrected chi connectivity index (χ1v) is 11.8. The number of nitrogens with zero attached hydrogens (tertiary/aromatic N) is 1. The van der Waals surface area contributed by atoms with Crippen LogP contribution in [0.2, 0.25) is 0 Å². The van der Waals surface area contributed by atoms with Gasteiger partial charge in [0.2, 0.25) is 0 Å². The average Bonchev–Trinajstić information content (AvgIpc) is 3.18. The van der Waals surface area contributed by atoms with Gasteiger partial charge in [-0.15, -0.1) is 0 Å². The zero-order valence-corrected chi connectivity index (χ0v) is 20.6. The molecule has 11 nitrogen and oxygen atoms in total. The van der Waals surface area contributed by atoms with Crippen molar-refractivity contribution in [1.29, 1.82) is 0 Å². The van der Waals surface area contributed by atoms with Gasteiger partial charge in [0.05, 0.1) is 17.4 Å². The van der Waals surface area contributed by atoms with E-state index in [-0.39, 0.29) is 29.7 Å². The van der Waals surface area contributed by atoms with Gasteiger partial charge in [0.25, 0.3) is 0 Å². The number of carbonyl (C=O) groups is 3. The number of phenolic OH excluding ortho intramolecular Hbond substituents is 1. The van der Waals surface area contributed by atoms with Crippen LogP contribution in [0.15, 0.2) is 24.0 Å². The first-order chi connectivity index (χ1) is 16.8. The summed E-state index contributed by atoms with van der Waals surface area (Å²) in [5.74, 6) is -3.42. The van der Waals surface area contributed by atoms with Crippen molar-refractivity contribution < 1.29 is 49.0 Å². The predicted octanol–water partition coefficient (Wildman–Crippen LogP) is 0.753. The molecule has 2 heterocycles. The van der Waals surface area contributed by atoms with Gasteiger partial charge in [-0.2, -0.15) is 0 Å². The molecule has 0 saturated carbocycles. The molecule has 1 saturated heterocycles. The Morgan fingerprint density at radius 1 is 1.31 bits per heavy atom. The number of carboxylic acids is 1. The zero-order valence-electron chi connectivity index (χ0n) is 20.6. The topological polar surface area (TPSA) is 163 Å². The van der Waals surface area contributed by atoms with E-state index in [0.29, 0.717) is 18.5 Å². The van der Waals surface area contributed by atoms with Crippen molar-refractivity contribution in [3.8, 4) is 11.5 Å². The standard InChI is InChI=1S/C25H31NO10/c1-12-5-6-15(27)20-19(12)24-9-10-26(4)14(3)25(24,33)8-7-17(21(24)36-20)35-23(32)16(28)11-18(29)34-13(2)22(30)31/h5-7,13-14,16,21,27-28,33H,8-11H2,1-4H3,(H,30,31)/t13-,14+,16-,21-,24-,25+/m0/s1. The van der Waals surface area contributed by atoms with E-state index in [1.165, 1.54) is 12.1 Å². The van der Waals surface area contributed by atoms with Crippen LogP contribution in [0.3, 0.4) is 0 Å². The number of fused-ring (bicyclic) bond motifs is 1. The SMILES string of the molecule is Cc1ccc(O)c2c1[C@]13CCN(C)[C@H](C)[C@]1(O)CC=C(OC(=O)[C@@H](O)CC(=O)O[C@@H](C)C(=O)O)[C@@H]3O2. The Bertz CT molecular complexity index is 1130. The number of aliphatic hydroxyl groups excluding tert-OH is 1. The molecule has 0 unspecified atom stereocenters. The molecule has 1 fully saturated rings. The number of aliphatic carboxylic acids is 1. The van der Waals surface area contributed by atoms with E-state index in [1.54, 1.807) is 6.07 Å². The van der Waals surface area contributed by atoms with Gasteiger partial charge >= 0.3 is 17.9 Å². The summed E-state index contributed by atoms with van der Waals surface area (Å²) in [6.45, 7) is 5.52. The number of aliphatic hydroxyl groups is 2. The second-order valence-corrected chi connectivity index (χ2v) is 9.83. The molecule has 3 aliphatic rings. The fourth-order valence-corrected chi connectivity index (χ4v) is 5.73. The average molecular weight is 506 g/mol. The van der Waals surface area contributed by atoms with Crippen LogP contribution in [-0.2, 0) is 29.3 Å². The quantitative estimate of drug-likeness (QED) is 0.404. The molecule has 0 radical (unpaired) electrons. The lowest BCUT2D eigenvalue weighted by atomic mass is 9.54. The number of ether oxygens (including phenoxy) is 3. The number of carboxylic acid groups (broad SMARTS) is 1.